The van der Waals surface area contributed by atoms with Crippen molar-refractivity contribution < 1.29 is 19.1 Å². The van der Waals surface area contributed by atoms with Crippen LogP contribution in [0.1, 0.15) is 24.0 Å². The van der Waals surface area contributed by atoms with Crippen LogP contribution in [-0.4, -0.2) is 17.8 Å². The molecule has 1 fully saturated rings. The molecule has 0 aliphatic carbocycles. The van der Waals surface area contributed by atoms with Gasteiger partial charge in [-0.25, -0.2) is 4.90 Å². The monoisotopic (exact) mass is 413 g/mol. The Labute approximate surface area is 159 Å². The third kappa shape index (κ3) is 2.48. The molecule has 2 aliphatic rings. The zero-order chi connectivity index (χ0) is 18.6. The highest BCUT2D eigenvalue weighted by molar-refractivity contribution is 9.10. The van der Waals surface area contributed by atoms with E-state index < -0.39 is 29.6 Å². The van der Waals surface area contributed by atoms with Crippen molar-refractivity contribution in [2.75, 3.05) is 4.90 Å². The smallest absolute Gasteiger partial charge is 0.324 e. The molecule has 0 saturated carbocycles. The van der Waals surface area contributed by atoms with Crippen molar-refractivity contribution in [2.45, 2.75) is 19.8 Å². The standard InChI is InChI=1S/C20H16BrNO4/c1-10-3-6-13(7-4-10)22-18(23)11(2)16-14-9-12(21)5-8-15(14)26-20(25)17(16)19(22)24/h3-9,11,16-17H,1-2H3/t11-,16+,17-/m1/s1. The van der Waals surface area contributed by atoms with Gasteiger partial charge in [0.25, 0.3) is 0 Å². The molecule has 5 nitrogen and oxygen atoms in total. The molecule has 1 saturated heterocycles. The number of piperidine rings is 1. The number of fused-ring (bicyclic) bond motifs is 3. The molecule has 2 heterocycles. The van der Waals surface area contributed by atoms with E-state index in [0.717, 1.165) is 14.9 Å². The van der Waals surface area contributed by atoms with Crippen LogP contribution in [0.5, 0.6) is 5.75 Å². The summed E-state index contributed by atoms with van der Waals surface area (Å²) in [5, 5.41) is 0. The van der Waals surface area contributed by atoms with Gasteiger partial charge in [0.2, 0.25) is 11.8 Å². The predicted octanol–water partition coefficient (Wildman–Crippen LogP) is 3.59. The highest BCUT2D eigenvalue weighted by Gasteiger charge is 2.54. The number of benzene rings is 2. The van der Waals surface area contributed by atoms with Crippen molar-refractivity contribution in [1.29, 1.82) is 0 Å². The van der Waals surface area contributed by atoms with E-state index >= 15 is 0 Å². The lowest BCUT2D eigenvalue weighted by Gasteiger charge is -2.42. The minimum absolute atomic E-state index is 0.305. The van der Waals surface area contributed by atoms with Crippen LogP contribution in [0.4, 0.5) is 5.69 Å². The fraction of sp³-hybridized carbons (Fsp3) is 0.250. The van der Waals surface area contributed by atoms with E-state index in [1.54, 1.807) is 31.2 Å². The highest BCUT2D eigenvalue weighted by Crippen LogP contribution is 2.47. The number of carbonyl (C=O) groups excluding carboxylic acids is 3. The molecule has 0 spiro atoms. The lowest BCUT2D eigenvalue weighted by atomic mass is 9.72. The second-order valence-corrected chi connectivity index (χ2v) is 7.66. The van der Waals surface area contributed by atoms with E-state index in [0.29, 0.717) is 17.0 Å². The molecule has 0 N–H and O–H groups in total. The summed E-state index contributed by atoms with van der Waals surface area (Å²) in [5.74, 6) is -3.10. The minimum atomic E-state index is -1.02. The number of hydrogen-bond donors (Lipinski definition) is 0. The van der Waals surface area contributed by atoms with Crippen molar-refractivity contribution in [1.82, 2.24) is 0 Å². The van der Waals surface area contributed by atoms with Crippen LogP contribution in [0.25, 0.3) is 0 Å². The molecule has 132 valence electrons. The van der Waals surface area contributed by atoms with Gasteiger partial charge in [0.05, 0.1) is 5.69 Å². The van der Waals surface area contributed by atoms with Crippen LogP contribution in [0.3, 0.4) is 0 Å². The van der Waals surface area contributed by atoms with Crippen LogP contribution in [0, 0.1) is 18.8 Å². The Morgan fingerprint density at radius 3 is 2.38 bits per heavy atom. The third-order valence-electron chi connectivity index (χ3n) is 5.08. The predicted molar refractivity (Wildman–Crippen MR) is 98.8 cm³/mol. The third-order valence-corrected chi connectivity index (χ3v) is 5.58. The van der Waals surface area contributed by atoms with Gasteiger partial charge in [-0.1, -0.05) is 40.5 Å². The van der Waals surface area contributed by atoms with Gasteiger partial charge in [0.1, 0.15) is 11.7 Å². The maximum Gasteiger partial charge on any atom is 0.324 e. The molecule has 6 heteroatoms. The zero-order valence-corrected chi connectivity index (χ0v) is 15.8. The Balaban J connectivity index is 1.82. The van der Waals surface area contributed by atoms with Gasteiger partial charge in [-0.15, -0.1) is 0 Å². The first-order valence-electron chi connectivity index (χ1n) is 8.34. The van der Waals surface area contributed by atoms with Crippen molar-refractivity contribution >= 4 is 39.4 Å². The molecule has 0 bridgehead atoms. The first-order valence-corrected chi connectivity index (χ1v) is 9.13. The van der Waals surface area contributed by atoms with Crippen molar-refractivity contribution in [3.8, 4) is 5.75 Å². The van der Waals surface area contributed by atoms with Crippen LogP contribution in [-0.2, 0) is 14.4 Å². The molecule has 2 aliphatic heterocycles. The minimum Gasteiger partial charge on any atom is -0.426 e. The van der Waals surface area contributed by atoms with Gasteiger partial charge < -0.3 is 4.74 Å². The maximum atomic E-state index is 13.1. The normalized spacial score (nSPS) is 24.8. The summed E-state index contributed by atoms with van der Waals surface area (Å²) in [6.45, 7) is 3.69. The first-order chi connectivity index (χ1) is 12.4. The highest BCUT2D eigenvalue weighted by atomic mass is 79.9. The summed E-state index contributed by atoms with van der Waals surface area (Å²) < 4.78 is 6.20. The van der Waals surface area contributed by atoms with E-state index in [-0.39, 0.29) is 5.91 Å². The van der Waals surface area contributed by atoms with Gasteiger partial charge >= 0.3 is 5.97 Å². The number of carbonyl (C=O) groups is 3. The van der Waals surface area contributed by atoms with Crippen LogP contribution >= 0.6 is 15.9 Å². The Morgan fingerprint density at radius 2 is 1.69 bits per heavy atom. The van der Waals surface area contributed by atoms with Crippen LogP contribution < -0.4 is 9.64 Å². The zero-order valence-electron chi connectivity index (χ0n) is 14.2. The summed E-state index contributed by atoms with van der Waals surface area (Å²) in [4.78, 5) is 39.8. The number of hydrogen-bond acceptors (Lipinski definition) is 4. The van der Waals surface area contributed by atoms with Crippen LogP contribution in [0.2, 0.25) is 0 Å². The van der Waals surface area contributed by atoms with E-state index in [1.165, 1.54) is 0 Å². The van der Waals surface area contributed by atoms with E-state index in [9.17, 15) is 14.4 Å². The Bertz CT molecular complexity index is 937. The van der Waals surface area contributed by atoms with Crippen molar-refractivity contribution in [3.63, 3.8) is 0 Å². The summed E-state index contributed by atoms with van der Waals surface area (Å²) in [6, 6.07) is 12.4. The average Bonchev–Trinajstić information content (AvgIpc) is 2.61. The summed E-state index contributed by atoms with van der Waals surface area (Å²) >= 11 is 3.41. The number of nitrogens with zero attached hydrogens (tertiary/aromatic N) is 1. The second kappa shape index (κ2) is 6.06. The van der Waals surface area contributed by atoms with Gasteiger partial charge in [-0.3, -0.25) is 14.4 Å². The molecule has 2 aromatic carbocycles. The molecule has 0 unspecified atom stereocenters. The molecular weight excluding hydrogens is 398 g/mol. The van der Waals surface area contributed by atoms with Crippen LogP contribution in [0.15, 0.2) is 46.9 Å². The van der Waals surface area contributed by atoms with E-state index in [2.05, 4.69) is 15.9 Å². The molecule has 3 atom stereocenters. The van der Waals surface area contributed by atoms with E-state index in [4.69, 9.17) is 4.74 Å². The number of ether oxygens (including phenoxy) is 1. The molecule has 2 aromatic rings. The van der Waals surface area contributed by atoms with Gasteiger partial charge in [0.15, 0.2) is 0 Å². The Morgan fingerprint density at radius 1 is 1.00 bits per heavy atom. The maximum absolute atomic E-state index is 13.1. The molecule has 4 rings (SSSR count). The molecule has 0 radical (unpaired) electrons. The average molecular weight is 414 g/mol. The molecule has 2 amide bonds. The van der Waals surface area contributed by atoms with Crippen molar-refractivity contribution in [2.24, 2.45) is 11.8 Å². The quantitative estimate of drug-likeness (QED) is 0.310. The largest absolute Gasteiger partial charge is 0.426 e. The van der Waals surface area contributed by atoms with E-state index in [1.807, 2.05) is 25.1 Å². The van der Waals surface area contributed by atoms with Gasteiger partial charge in [-0.05, 0) is 37.3 Å². The number of rotatable bonds is 1. The van der Waals surface area contributed by atoms with Crippen molar-refractivity contribution in [3.05, 3.63) is 58.1 Å². The number of anilines is 1. The molecule has 26 heavy (non-hydrogen) atoms. The summed E-state index contributed by atoms with van der Waals surface area (Å²) in [6.07, 6.45) is 0. The Hall–Kier alpha value is -2.47. The lowest BCUT2D eigenvalue weighted by Crippen LogP contribution is -2.57. The second-order valence-electron chi connectivity index (χ2n) is 6.74. The number of esters is 1. The summed E-state index contributed by atoms with van der Waals surface area (Å²) in [7, 11) is 0. The fourth-order valence-corrected chi connectivity index (χ4v) is 4.12. The topological polar surface area (TPSA) is 63.7 Å². The lowest BCUT2D eigenvalue weighted by molar-refractivity contribution is -0.151. The van der Waals surface area contributed by atoms with Gasteiger partial charge in [0, 0.05) is 21.9 Å². The molecule has 0 aromatic heterocycles. The number of aryl methyl sites for hydroxylation is 1. The number of amides is 2. The number of halogens is 1. The first kappa shape index (κ1) is 17.0. The fourth-order valence-electron chi connectivity index (χ4n) is 3.74. The summed E-state index contributed by atoms with van der Waals surface area (Å²) in [5.41, 5.74) is 2.21. The SMILES string of the molecule is Cc1ccc(N2C(=O)[C@@H]3C(=O)Oc4ccc(Br)cc4[C@@H]3[C@@H](C)C2=O)cc1. The number of imide groups is 1. The Kier molecular flexibility index (Phi) is 3.95. The van der Waals surface area contributed by atoms with Gasteiger partial charge in [-0.2, -0.15) is 0 Å². The molecular formula is C20H16BrNO4.